The standard InChI is InChI=1S/C25H26O2.BrH.H3P/c1-2-12-23(24(26)27)25(21-15-8-4-9-16-21,22-17-10-5-11-18-22)19-20-13-6-3-7-14-20;;/h3-11,13-18,23H,2,12,19H2,1H3,(H,26,27);1H;1H3. The fourth-order valence-electron chi connectivity index (χ4n) is 4.15. The Labute approximate surface area is 187 Å². The lowest BCUT2D eigenvalue weighted by Gasteiger charge is -2.40. The average Bonchev–Trinajstić information content (AvgIpc) is 2.72. The van der Waals surface area contributed by atoms with Gasteiger partial charge in [-0.1, -0.05) is 104 Å². The molecule has 2 nitrogen and oxygen atoms in total. The zero-order valence-electron chi connectivity index (χ0n) is 16.8. The summed E-state index contributed by atoms with van der Waals surface area (Å²) in [5.41, 5.74) is 2.64. The van der Waals surface area contributed by atoms with Crippen LogP contribution in [0.2, 0.25) is 0 Å². The van der Waals surface area contributed by atoms with Crippen LogP contribution in [0, 0.1) is 5.92 Å². The second kappa shape index (κ2) is 11.9. The van der Waals surface area contributed by atoms with Gasteiger partial charge in [-0.3, -0.25) is 4.79 Å². The number of carboxylic acids is 1. The quantitative estimate of drug-likeness (QED) is 0.387. The molecule has 3 aromatic rings. The third kappa shape index (κ3) is 5.56. The summed E-state index contributed by atoms with van der Waals surface area (Å²) in [4.78, 5) is 12.5. The third-order valence-electron chi connectivity index (χ3n) is 5.37. The van der Waals surface area contributed by atoms with Crippen molar-refractivity contribution >= 4 is 32.8 Å². The first kappa shape index (κ1) is 25.1. The largest absolute Gasteiger partial charge is 0.481 e. The van der Waals surface area contributed by atoms with Crippen molar-refractivity contribution in [3.63, 3.8) is 0 Å². The molecule has 0 aromatic heterocycles. The molecule has 0 bridgehead atoms. The molecule has 2 atom stereocenters. The van der Waals surface area contributed by atoms with Gasteiger partial charge in [0.1, 0.15) is 0 Å². The van der Waals surface area contributed by atoms with Gasteiger partial charge in [0.15, 0.2) is 0 Å². The van der Waals surface area contributed by atoms with Gasteiger partial charge in [0.25, 0.3) is 0 Å². The van der Waals surface area contributed by atoms with Gasteiger partial charge >= 0.3 is 5.97 Å². The van der Waals surface area contributed by atoms with Crippen LogP contribution in [0.1, 0.15) is 36.5 Å². The number of carboxylic acid groups (broad SMARTS) is 1. The van der Waals surface area contributed by atoms with Crippen molar-refractivity contribution in [3.05, 3.63) is 108 Å². The number of benzene rings is 3. The smallest absolute Gasteiger partial charge is 0.307 e. The molecule has 0 aliphatic heterocycles. The minimum absolute atomic E-state index is 0. The molecule has 154 valence electrons. The fraction of sp³-hybridized carbons (Fsp3) is 0.240. The Kier molecular flexibility index (Phi) is 10.3. The van der Waals surface area contributed by atoms with Crippen LogP contribution in [0.3, 0.4) is 0 Å². The van der Waals surface area contributed by atoms with Crippen molar-refractivity contribution in [3.8, 4) is 0 Å². The van der Waals surface area contributed by atoms with Gasteiger partial charge in [-0.2, -0.15) is 9.90 Å². The fourth-order valence-corrected chi connectivity index (χ4v) is 4.15. The van der Waals surface area contributed by atoms with E-state index in [2.05, 4.69) is 43.3 Å². The van der Waals surface area contributed by atoms with Crippen molar-refractivity contribution in [2.75, 3.05) is 0 Å². The molecule has 2 unspecified atom stereocenters. The Morgan fingerprint density at radius 3 is 1.62 bits per heavy atom. The summed E-state index contributed by atoms with van der Waals surface area (Å²) < 4.78 is 0. The van der Waals surface area contributed by atoms with E-state index in [1.54, 1.807) is 0 Å². The molecule has 1 N–H and O–H groups in total. The predicted octanol–water partition coefficient (Wildman–Crippen LogP) is 6.35. The zero-order valence-corrected chi connectivity index (χ0v) is 20.0. The summed E-state index contributed by atoms with van der Waals surface area (Å²) in [6.07, 6.45) is 2.11. The number of hydrogen-bond donors (Lipinski definition) is 1. The highest BCUT2D eigenvalue weighted by Gasteiger charge is 2.45. The summed E-state index contributed by atoms with van der Waals surface area (Å²) in [5.74, 6) is -1.24. The van der Waals surface area contributed by atoms with Gasteiger partial charge in [0.2, 0.25) is 0 Å². The van der Waals surface area contributed by atoms with Crippen LogP contribution < -0.4 is 0 Å². The maximum Gasteiger partial charge on any atom is 0.307 e. The Balaban J connectivity index is 0.00000210. The van der Waals surface area contributed by atoms with E-state index in [9.17, 15) is 9.90 Å². The molecule has 0 radical (unpaired) electrons. The summed E-state index contributed by atoms with van der Waals surface area (Å²) >= 11 is 0. The number of carbonyl (C=O) groups is 1. The average molecular weight is 473 g/mol. The maximum absolute atomic E-state index is 12.5. The van der Waals surface area contributed by atoms with Crippen molar-refractivity contribution in [2.45, 2.75) is 31.6 Å². The summed E-state index contributed by atoms with van der Waals surface area (Å²) in [5, 5.41) is 10.2. The second-order valence-corrected chi connectivity index (χ2v) is 7.05. The highest BCUT2D eigenvalue weighted by molar-refractivity contribution is 8.93. The highest BCUT2D eigenvalue weighted by Crippen LogP contribution is 2.44. The second-order valence-electron chi connectivity index (χ2n) is 7.05. The Hall–Kier alpha value is -1.96. The van der Waals surface area contributed by atoms with Crippen molar-refractivity contribution in [2.24, 2.45) is 5.92 Å². The van der Waals surface area contributed by atoms with Gasteiger partial charge in [-0.25, -0.2) is 0 Å². The number of halogens is 1. The molecule has 0 fully saturated rings. The normalized spacial score (nSPS) is 11.6. The van der Waals surface area contributed by atoms with E-state index in [1.165, 1.54) is 0 Å². The topological polar surface area (TPSA) is 37.3 Å². The van der Waals surface area contributed by atoms with Crippen LogP contribution in [0.4, 0.5) is 0 Å². The lowest BCUT2D eigenvalue weighted by atomic mass is 9.61. The molecule has 0 saturated carbocycles. The number of hydrogen-bond acceptors (Lipinski definition) is 1. The van der Waals surface area contributed by atoms with Crippen molar-refractivity contribution in [1.29, 1.82) is 0 Å². The Bertz CT molecular complexity index is 814. The van der Waals surface area contributed by atoms with Gasteiger partial charge in [-0.05, 0) is 29.5 Å². The van der Waals surface area contributed by atoms with Crippen LogP contribution in [-0.4, -0.2) is 11.1 Å². The molecular weight excluding hydrogens is 443 g/mol. The molecule has 4 heteroatoms. The summed E-state index contributed by atoms with van der Waals surface area (Å²) in [7, 11) is 0. The lowest BCUT2D eigenvalue weighted by Crippen LogP contribution is -2.43. The first-order valence-corrected chi connectivity index (χ1v) is 9.56. The molecular formula is C25H30BrO2P. The van der Waals surface area contributed by atoms with E-state index in [0.29, 0.717) is 12.8 Å². The molecule has 0 spiro atoms. The van der Waals surface area contributed by atoms with Gasteiger partial charge in [-0.15, -0.1) is 17.0 Å². The van der Waals surface area contributed by atoms with Crippen molar-refractivity contribution in [1.82, 2.24) is 0 Å². The van der Waals surface area contributed by atoms with Crippen LogP contribution in [0.15, 0.2) is 91.0 Å². The monoisotopic (exact) mass is 472 g/mol. The SMILES string of the molecule is Br.CCCC(C(=O)O)C(Cc1ccccc1)(c1ccccc1)c1ccccc1.P. The molecule has 29 heavy (non-hydrogen) atoms. The summed E-state index contributed by atoms with van der Waals surface area (Å²) in [6, 6.07) is 30.5. The van der Waals surface area contributed by atoms with Gasteiger partial charge < -0.3 is 5.11 Å². The highest BCUT2D eigenvalue weighted by atomic mass is 79.9. The molecule has 0 saturated heterocycles. The van der Waals surface area contributed by atoms with E-state index in [1.807, 2.05) is 54.6 Å². The molecule has 0 aliphatic rings. The van der Waals surface area contributed by atoms with Crippen LogP contribution in [0.5, 0.6) is 0 Å². The lowest BCUT2D eigenvalue weighted by molar-refractivity contribution is -0.144. The first-order chi connectivity index (χ1) is 13.2. The Morgan fingerprint density at radius 2 is 1.24 bits per heavy atom. The Morgan fingerprint density at radius 1 is 0.828 bits per heavy atom. The van der Waals surface area contributed by atoms with Gasteiger partial charge in [0, 0.05) is 5.41 Å². The van der Waals surface area contributed by atoms with Crippen molar-refractivity contribution < 1.29 is 9.90 Å². The van der Waals surface area contributed by atoms with Crippen LogP contribution >= 0.6 is 26.9 Å². The first-order valence-electron chi connectivity index (χ1n) is 9.56. The van der Waals surface area contributed by atoms with Crippen LogP contribution in [-0.2, 0) is 16.6 Å². The van der Waals surface area contributed by atoms with E-state index in [-0.39, 0.29) is 26.9 Å². The molecule has 3 rings (SSSR count). The molecule has 0 amide bonds. The molecule has 0 aliphatic carbocycles. The predicted molar refractivity (Wildman–Crippen MR) is 131 cm³/mol. The van der Waals surface area contributed by atoms with E-state index in [4.69, 9.17) is 0 Å². The van der Waals surface area contributed by atoms with E-state index >= 15 is 0 Å². The maximum atomic E-state index is 12.5. The van der Waals surface area contributed by atoms with Gasteiger partial charge in [0.05, 0.1) is 5.92 Å². The minimum Gasteiger partial charge on any atom is -0.481 e. The molecule has 0 heterocycles. The minimum atomic E-state index is -0.736. The van der Waals surface area contributed by atoms with E-state index in [0.717, 1.165) is 23.1 Å². The summed E-state index contributed by atoms with van der Waals surface area (Å²) in [6.45, 7) is 2.05. The zero-order chi connectivity index (χ0) is 19.1. The number of rotatable bonds is 8. The third-order valence-corrected chi connectivity index (χ3v) is 5.37. The number of aliphatic carboxylic acids is 1. The molecule has 3 aromatic carbocycles. The van der Waals surface area contributed by atoms with E-state index < -0.39 is 17.3 Å². The van der Waals surface area contributed by atoms with Crippen LogP contribution in [0.25, 0.3) is 0 Å².